The van der Waals surface area contributed by atoms with Crippen LogP contribution in [0.3, 0.4) is 0 Å². The minimum Gasteiger partial charge on any atom is -0.490 e. The summed E-state index contributed by atoms with van der Waals surface area (Å²) in [5, 5.41) is 4.78. The highest BCUT2D eigenvalue weighted by molar-refractivity contribution is 5.66. The maximum absolute atomic E-state index is 5.85. The Hall–Kier alpha value is -4.73. The summed E-state index contributed by atoms with van der Waals surface area (Å²) in [7, 11) is 0. The molecule has 1 saturated heterocycles. The maximum atomic E-state index is 5.85. The van der Waals surface area contributed by atoms with Gasteiger partial charge in [-0.15, -0.1) is 5.10 Å². The first-order valence-corrected chi connectivity index (χ1v) is 13.2. The fraction of sp³-hybridized carbons (Fsp3) is 0.276. The van der Waals surface area contributed by atoms with E-state index in [1.54, 1.807) is 4.52 Å². The second-order valence-electron chi connectivity index (χ2n) is 9.67. The van der Waals surface area contributed by atoms with E-state index in [0.29, 0.717) is 30.6 Å². The number of fused-ring (bicyclic) bond motifs is 2. The molecule has 0 N–H and O–H groups in total. The molecular weight excluding hydrogens is 492 g/mol. The van der Waals surface area contributed by atoms with Gasteiger partial charge in [0.25, 0.3) is 5.78 Å². The van der Waals surface area contributed by atoms with Gasteiger partial charge in [0.1, 0.15) is 0 Å². The zero-order chi connectivity index (χ0) is 26.2. The largest absolute Gasteiger partial charge is 0.490 e. The number of ether oxygens (including phenoxy) is 2. The van der Waals surface area contributed by atoms with Crippen LogP contribution in [0.4, 0.5) is 11.6 Å². The molecule has 10 nitrogen and oxygen atoms in total. The molecule has 0 saturated carbocycles. The predicted molar refractivity (Wildman–Crippen MR) is 148 cm³/mol. The van der Waals surface area contributed by atoms with E-state index in [2.05, 4.69) is 49.0 Å². The molecule has 2 aromatic carbocycles. The van der Waals surface area contributed by atoms with E-state index in [-0.39, 0.29) is 0 Å². The van der Waals surface area contributed by atoms with Crippen molar-refractivity contribution < 1.29 is 9.47 Å². The highest BCUT2D eigenvalue weighted by Gasteiger charge is 2.21. The van der Waals surface area contributed by atoms with Gasteiger partial charge in [0.2, 0.25) is 5.95 Å². The lowest BCUT2D eigenvalue weighted by atomic mass is 10.2. The molecule has 39 heavy (non-hydrogen) atoms. The number of nitrogens with zero attached hydrogens (tertiary/aromatic N) is 8. The number of hydrogen-bond acceptors (Lipinski definition) is 9. The number of anilines is 2. The van der Waals surface area contributed by atoms with Crippen molar-refractivity contribution in [2.75, 3.05) is 49.2 Å². The summed E-state index contributed by atoms with van der Waals surface area (Å²) in [6.07, 6.45) is 4.49. The summed E-state index contributed by atoms with van der Waals surface area (Å²) < 4.78 is 13.4. The Balaban J connectivity index is 1.14. The van der Waals surface area contributed by atoms with Crippen molar-refractivity contribution in [1.82, 2.24) is 29.5 Å². The lowest BCUT2D eigenvalue weighted by Gasteiger charge is -2.36. The van der Waals surface area contributed by atoms with Crippen LogP contribution in [0.5, 0.6) is 11.5 Å². The van der Waals surface area contributed by atoms with Crippen molar-refractivity contribution in [3.63, 3.8) is 0 Å². The number of benzene rings is 2. The smallest absolute Gasteiger partial charge is 0.252 e. The number of para-hydroxylation sites is 1. The second-order valence-corrected chi connectivity index (χ2v) is 9.67. The van der Waals surface area contributed by atoms with Crippen LogP contribution < -0.4 is 19.3 Å². The molecule has 196 valence electrons. The fourth-order valence-electron chi connectivity index (χ4n) is 5.07. The third-order valence-electron chi connectivity index (χ3n) is 7.22. The van der Waals surface area contributed by atoms with Crippen LogP contribution in [0.2, 0.25) is 0 Å². The molecule has 5 heterocycles. The van der Waals surface area contributed by atoms with Crippen molar-refractivity contribution in [1.29, 1.82) is 0 Å². The molecule has 7 rings (SSSR count). The van der Waals surface area contributed by atoms with E-state index >= 15 is 0 Å². The average molecular weight is 521 g/mol. The Labute approximate surface area is 225 Å². The Morgan fingerprint density at radius 3 is 2.44 bits per heavy atom. The zero-order valence-electron chi connectivity index (χ0n) is 21.7. The summed E-state index contributed by atoms with van der Waals surface area (Å²) in [5.41, 5.74) is 4.71. The maximum Gasteiger partial charge on any atom is 0.252 e. The molecular formula is C29H28N8O2. The van der Waals surface area contributed by atoms with Crippen molar-refractivity contribution in [2.45, 2.75) is 13.3 Å². The third kappa shape index (κ3) is 4.47. The summed E-state index contributed by atoms with van der Waals surface area (Å²) in [5.74, 6) is 3.30. The van der Waals surface area contributed by atoms with Crippen LogP contribution in [0.15, 0.2) is 67.0 Å². The van der Waals surface area contributed by atoms with E-state index in [9.17, 15) is 0 Å². The van der Waals surface area contributed by atoms with Crippen LogP contribution in [0.1, 0.15) is 12.1 Å². The minimum atomic E-state index is 0.532. The van der Waals surface area contributed by atoms with Gasteiger partial charge in [-0.2, -0.15) is 4.98 Å². The Morgan fingerprint density at radius 2 is 1.59 bits per heavy atom. The molecule has 3 aromatic heterocycles. The summed E-state index contributed by atoms with van der Waals surface area (Å²) >= 11 is 0. The van der Waals surface area contributed by atoms with Crippen LogP contribution in [-0.4, -0.2) is 68.9 Å². The van der Waals surface area contributed by atoms with E-state index < -0.39 is 0 Å². The standard InChI is InChI=1S/C29H28N8O2/c1-20-23(24-10-11-30-28(32-24)36-14-12-35(13-15-36)22-6-3-2-4-7-22)19-31-29-33-27(34-37(20)29)21-8-9-25-26(18-21)39-17-5-16-38-25/h2-4,6-11,18-19H,5,12-17H2,1H3. The van der Waals surface area contributed by atoms with Crippen LogP contribution in [0.25, 0.3) is 28.4 Å². The van der Waals surface area contributed by atoms with Crippen molar-refractivity contribution in [3.05, 3.63) is 72.7 Å². The number of piperazine rings is 1. The molecule has 0 amide bonds. The normalized spacial score (nSPS) is 15.4. The van der Waals surface area contributed by atoms with Crippen molar-refractivity contribution in [3.8, 4) is 34.1 Å². The first kappa shape index (κ1) is 23.4. The third-order valence-corrected chi connectivity index (χ3v) is 7.22. The van der Waals surface area contributed by atoms with E-state index in [4.69, 9.17) is 19.6 Å². The SMILES string of the molecule is Cc1c(-c2ccnc(N3CCN(c4ccccc4)CC3)n2)cnc2nc(-c3ccc4c(c3)OCCCO4)nn12. The highest BCUT2D eigenvalue weighted by Crippen LogP contribution is 2.33. The Morgan fingerprint density at radius 1 is 0.795 bits per heavy atom. The van der Waals surface area contributed by atoms with Crippen LogP contribution in [0, 0.1) is 6.92 Å². The Bertz CT molecular complexity index is 1630. The molecule has 10 heteroatoms. The number of hydrogen-bond donors (Lipinski definition) is 0. The molecule has 2 aliphatic heterocycles. The number of rotatable bonds is 4. The molecule has 0 bridgehead atoms. The van der Waals surface area contributed by atoms with Gasteiger partial charge in [-0.05, 0) is 43.3 Å². The molecule has 5 aromatic rings. The average Bonchev–Trinajstić information content (AvgIpc) is 3.30. The molecule has 0 atom stereocenters. The van der Waals surface area contributed by atoms with Gasteiger partial charge >= 0.3 is 0 Å². The van der Waals surface area contributed by atoms with Gasteiger partial charge in [-0.3, -0.25) is 0 Å². The van der Waals surface area contributed by atoms with Crippen molar-refractivity contribution >= 4 is 17.4 Å². The summed E-state index contributed by atoms with van der Waals surface area (Å²) in [4.78, 5) is 23.4. The van der Waals surface area contributed by atoms with Crippen LogP contribution in [-0.2, 0) is 0 Å². The minimum absolute atomic E-state index is 0.532. The van der Waals surface area contributed by atoms with Gasteiger partial charge in [-0.25, -0.2) is 19.5 Å². The van der Waals surface area contributed by atoms with Crippen molar-refractivity contribution in [2.24, 2.45) is 0 Å². The quantitative estimate of drug-likeness (QED) is 0.348. The van der Waals surface area contributed by atoms with Gasteiger partial charge in [-0.1, -0.05) is 18.2 Å². The van der Waals surface area contributed by atoms with Gasteiger partial charge < -0.3 is 19.3 Å². The first-order valence-electron chi connectivity index (χ1n) is 13.2. The van der Waals surface area contributed by atoms with Gasteiger partial charge in [0.05, 0.1) is 24.6 Å². The van der Waals surface area contributed by atoms with Gasteiger partial charge in [0.15, 0.2) is 17.3 Å². The van der Waals surface area contributed by atoms with Crippen LogP contribution >= 0.6 is 0 Å². The first-order chi connectivity index (χ1) is 19.2. The fourth-order valence-corrected chi connectivity index (χ4v) is 5.07. The monoisotopic (exact) mass is 520 g/mol. The zero-order valence-corrected chi connectivity index (χ0v) is 21.7. The molecule has 2 aliphatic rings. The summed E-state index contributed by atoms with van der Waals surface area (Å²) in [6, 6.07) is 18.2. The molecule has 1 fully saturated rings. The molecule has 0 unspecified atom stereocenters. The van der Waals surface area contributed by atoms with E-state index in [0.717, 1.165) is 66.8 Å². The van der Waals surface area contributed by atoms with Gasteiger partial charge in [0, 0.05) is 61.8 Å². The number of aromatic nitrogens is 6. The molecule has 0 radical (unpaired) electrons. The summed E-state index contributed by atoms with van der Waals surface area (Å²) in [6.45, 7) is 6.85. The lowest BCUT2D eigenvalue weighted by molar-refractivity contribution is 0.297. The topological polar surface area (TPSA) is 93.8 Å². The molecule has 0 spiro atoms. The number of aryl methyl sites for hydroxylation is 1. The highest BCUT2D eigenvalue weighted by atomic mass is 16.5. The predicted octanol–water partition coefficient (Wildman–Crippen LogP) is 4.04. The second kappa shape index (κ2) is 9.86. The van der Waals surface area contributed by atoms with E-state index in [1.165, 1.54) is 5.69 Å². The van der Waals surface area contributed by atoms with E-state index in [1.807, 2.05) is 49.6 Å². The molecule has 0 aliphatic carbocycles. The Kier molecular flexibility index (Phi) is 5.92. The lowest BCUT2D eigenvalue weighted by Crippen LogP contribution is -2.47.